The Morgan fingerprint density at radius 2 is 1.74 bits per heavy atom. The van der Waals surface area contributed by atoms with Crippen LogP contribution in [0.2, 0.25) is 0 Å². The van der Waals surface area contributed by atoms with Crippen molar-refractivity contribution < 1.29 is 9.59 Å². The van der Waals surface area contributed by atoms with Crippen molar-refractivity contribution in [1.82, 2.24) is 15.6 Å². The summed E-state index contributed by atoms with van der Waals surface area (Å²) in [6, 6.07) is 15.0. The molecule has 6 nitrogen and oxygen atoms in total. The van der Waals surface area contributed by atoms with Crippen LogP contribution in [0, 0.1) is 0 Å². The van der Waals surface area contributed by atoms with Crippen molar-refractivity contribution in [3.63, 3.8) is 0 Å². The number of nitrogens with zero attached hydrogens (tertiary/aromatic N) is 1. The van der Waals surface area contributed by atoms with E-state index in [0.29, 0.717) is 34.3 Å². The van der Waals surface area contributed by atoms with Gasteiger partial charge in [-0.05, 0) is 57.5 Å². The number of unbranched alkanes of at least 4 members (excludes halogenated alkanes) is 1. The molecular formula is C25H30N4O2. The highest BCUT2D eigenvalue weighted by atomic mass is 16.2. The molecule has 162 valence electrons. The zero-order chi connectivity index (χ0) is 22.4. The van der Waals surface area contributed by atoms with E-state index in [1.165, 1.54) is 0 Å². The number of rotatable bonds is 7. The molecule has 0 aliphatic heterocycles. The van der Waals surface area contributed by atoms with E-state index in [9.17, 15) is 9.59 Å². The molecule has 0 radical (unpaired) electrons. The Morgan fingerprint density at radius 3 is 2.42 bits per heavy atom. The summed E-state index contributed by atoms with van der Waals surface area (Å²) < 4.78 is 0. The summed E-state index contributed by atoms with van der Waals surface area (Å²) in [7, 11) is 0. The van der Waals surface area contributed by atoms with Gasteiger partial charge < -0.3 is 16.0 Å². The lowest BCUT2D eigenvalue weighted by Crippen LogP contribution is -2.40. The first-order chi connectivity index (χ1) is 14.8. The number of fused-ring (bicyclic) bond motifs is 1. The Balaban J connectivity index is 2.08. The van der Waals surface area contributed by atoms with Gasteiger partial charge in [0.25, 0.3) is 11.8 Å². The zero-order valence-corrected chi connectivity index (χ0v) is 18.6. The van der Waals surface area contributed by atoms with E-state index in [4.69, 9.17) is 0 Å². The van der Waals surface area contributed by atoms with Crippen LogP contribution in [0.3, 0.4) is 0 Å². The van der Waals surface area contributed by atoms with Crippen LogP contribution in [-0.4, -0.2) is 28.9 Å². The average molecular weight is 419 g/mol. The van der Waals surface area contributed by atoms with Gasteiger partial charge in [0.1, 0.15) is 0 Å². The van der Waals surface area contributed by atoms with Crippen molar-refractivity contribution in [2.45, 2.75) is 46.1 Å². The maximum atomic E-state index is 13.0. The number of nitrogens with one attached hydrogen (secondary N) is 3. The Labute approximate surface area is 183 Å². The fraction of sp³-hybridized carbons (Fsp3) is 0.320. The SMILES string of the molecule is CCCCNC(=O)c1ccc2ncc(C(=O)NC(C)(C)C)c(Nc3ccccc3)c2c1. The normalized spacial score (nSPS) is 11.2. The van der Waals surface area contributed by atoms with Crippen LogP contribution in [0.5, 0.6) is 0 Å². The summed E-state index contributed by atoms with van der Waals surface area (Å²) in [6.45, 7) is 8.52. The van der Waals surface area contributed by atoms with Crippen molar-refractivity contribution in [3.8, 4) is 0 Å². The number of pyridine rings is 1. The summed E-state index contributed by atoms with van der Waals surface area (Å²) in [6.07, 6.45) is 3.52. The van der Waals surface area contributed by atoms with Crippen molar-refractivity contribution in [2.24, 2.45) is 0 Å². The molecule has 31 heavy (non-hydrogen) atoms. The monoisotopic (exact) mass is 418 g/mol. The lowest BCUT2D eigenvalue weighted by molar-refractivity contribution is 0.0918. The molecule has 0 atom stereocenters. The minimum atomic E-state index is -0.392. The van der Waals surface area contributed by atoms with Crippen LogP contribution >= 0.6 is 0 Å². The predicted octanol–water partition coefficient (Wildman–Crippen LogP) is 5.04. The van der Waals surface area contributed by atoms with Crippen LogP contribution in [0.15, 0.2) is 54.7 Å². The van der Waals surface area contributed by atoms with E-state index in [0.717, 1.165) is 18.5 Å². The fourth-order valence-electron chi connectivity index (χ4n) is 3.20. The molecule has 1 aromatic heterocycles. The second kappa shape index (κ2) is 9.60. The summed E-state index contributed by atoms with van der Waals surface area (Å²) in [4.78, 5) is 30.1. The van der Waals surface area contributed by atoms with Gasteiger partial charge in [-0.1, -0.05) is 31.5 Å². The van der Waals surface area contributed by atoms with Crippen molar-refractivity contribution in [1.29, 1.82) is 0 Å². The molecule has 3 rings (SSSR count). The first-order valence-electron chi connectivity index (χ1n) is 10.6. The van der Waals surface area contributed by atoms with E-state index in [1.807, 2.05) is 57.2 Å². The molecule has 0 saturated heterocycles. The van der Waals surface area contributed by atoms with Gasteiger partial charge in [-0.25, -0.2) is 0 Å². The van der Waals surface area contributed by atoms with Crippen LogP contribution in [0.4, 0.5) is 11.4 Å². The molecule has 0 fully saturated rings. The van der Waals surface area contributed by atoms with Gasteiger partial charge in [-0.3, -0.25) is 14.6 Å². The van der Waals surface area contributed by atoms with Gasteiger partial charge in [0.05, 0.1) is 16.8 Å². The van der Waals surface area contributed by atoms with E-state index in [2.05, 4.69) is 27.9 Å². The van der Waals surface area contributed by atoms with Crippen LogP contribution < -0.4 is 16.0 Å². The number of carbonyl (C=O) groups is 2. The quantitative estimate of drug-likeness (QED) is 0.470. The molecule has 3 aromatic rings. The summed E-state index contributed by atoms with van der Waals surface area (Å²) in [5.41, 5.74) is 2.75. The number of hydrogen-bond acceptors (Lipinski definition) is 4. The first kappa shape index (κ1) is 22.3. The third-order valence-electron chi connectivity index (χ3n) is 4.72. The molecule has 0 aliphatic rings. The van der Waals surface area contributed by atoms with Crippen LogP contribution in [-0.2, 0) is 0 Å². The number of anilines is 2. The number of benzene rings is 2. The lowest BCUT2D eigenvalue weighted by atomic mass is 10.0. The second-order valence-corrected chi connectivity index (χ2v) is 8.58. The van der Waals surface area contributed by atoms with Gasteiger partial charge in [0.15, 0.2) is 0 Å². The molecular weight excluding hydrogens is 388 g/mol. The number of aromatic nitrogens is 1. The summed E-state index contributed by atoms with van der Waals surface area (Å²) in [5.74, 6) is -0.358. The number of para-hydroxylation sites is 1. The summed E-state index contributed by atoms with van der Waals surface area (Å²) >= 11 is 0. The molecule has 0 aliphatic carbocycles. The molecule has 1 heterocycles. The third-order valence-corrected chi connectivity index (χ3v) is 4.72. The number of hydrogen-bond donors (Lipinski definition) is 3. The highest BCUT2D eigenvalue weighted by Gasteiger charge is 2.21. The van der Waals surface area contributed by atoms with Gasteiger partial charge in [0.2, 0.25) is 0 Å². The predicted molar refractivity (Wildman–Crippen MR) is 126 cm³/mol. The van der Waals surface area contributed by atoms with E-state index >= 15 is 0 Å². The van der Waals surface area contributed by atoms with Crippen molar-refractivity contribution >= 4 is 34.1 Å². The van der Waals surface area contributed by atoms with Crippen LogP contribution in [0.1, 0.15) is 61.3 Å². The minimum absolute atomic E-state index is 0.134. The molecule has 6 heteroatoms. The molecule has 2 aromatic carbocycles. The van der Waals surface area contributed by atoms with Gasteiger partial charge in [-0.2, -0.15) is 0 Å². The highest BCUT2D eigenvalue weighted by Crippen LogP contribution is 2.30. The molecule has 0 unspecified atom stereocenters. The van der Waals surface area contributed by atoms with Crippen molar-refractivity contribution in [2.75, 3.05) is 11.9 Å². The van der Waals surface area contributed by atoms with E-state index in [-0.39, 0.29) is 11.8 Å². The first-order valence-corrected chi connectivity index (χ1v) is 10.6. The topological polar surface area (TPSA) is 83.1 Å². The Kier molecular flexibility index (Phi) is 6.90. The Morgan fingerprint density at radius 1 is 1.00 bits per heavy atom. The van der Waals surface area contributed by atoms with Crippen LogP contribution in [0.25, 0.3) is 10.9 Å². The maximum absolute atomic E-state index is 13.0. The highest BCUT2D eigenvalue weighted by molar-refractivity contribution is 6.09. The number of carbonyl (C=O) groups excluding carboxylic acids is 2. The average Bonchev–Trinajstić information content (AvgIpc) is 2.73. The maximum Gasteiger partial charge on any atom is 0.255 e. The smallest absolute Gasteiger partial charge is 0.255 e. The largest absolute Gasteiger partial charge is 0.354 e. The molecule has 2 amide bonds. The van der Waals surface area contributed by atoms with E-state index in [1.54, 1.807) is 18.3 Å². The third kappa shape index (κ3) is 5.81. The molecule has 3 N–H and O–H groups in total. The zero-order valence-electron chi connectivity index (χ0n) is 18.6. The fourth-order valence-corrected chi connectivity index (χ4v) is 3.20. The lowest BCUT2D eigenvalue weighted by Gasteiger charge is -2.22. The Bertz CT molecular complexity index is 1070. The molecule has 0 spiro atoms. The Hall–Kier alpha value is -3.41. The van der Waals surface area contributed by atoms with Gasteiger partial charge in [-0.15, -0.1) is 0 Å². The molecule has 0 bridgehead atoms. The standard InChI is InChI=1S/C25H30N4O2/c1-5-6-14-26-23(30)17-12-13-21-19(15-17)22(28-18-10-8-7-9-11-18)20(16-27-21)24(31)29-25(2,3)4/h7-13,15-16H,5-6,14H2,1-4H3,(H,26,30)(H,27,28)(H,29,31). The van der Waals surface area contributed by atoms with Crippen molar-refractivity contribution in [3.05, 3.63) is 65.9 Å². The minimum Gasteiger partial charge on any atom is -0.354 e. The number of amides is 2. The van der Waals surface area contributed by atoms with E-state index < -0.39 is 5.54 Å². The summed E-state index contributed by atoms with van der Waals surface area (Å²) in [5, 5.41) is 10.0. The molecule has 0 saturated carbocycles. The van der Waals surface area contributed by atoms with Gasteiger partial charge >= 0.3 is 0 Å². The second-order valence-electron chi connectivity index (χ2n) is 8.58. The van der Waals surface area contributed by atoms with Gasteiger partial charge in [0, 0.05) is 34.9 Å².